The van der Waals surface area contributed by atoms with E-state index in [9.17, 15) is 4.79 Å². The molecule has 0 aromatic heterocycles. The van der Waals surface area contributed by atoms with E-state index < -0.39 is 26.0 Å². The van der Waals surface area contributed by atoms with Crippen LogP contribution in [0.1, 0.15) is 6.92 Å². The average Bonchev–Trinajstić information content (AvgIpc) is 2.15. The van der Waals surface area contributed by atoms with Crippen molar-refractivity contribution in [3.8, 4) is 0 Å². The Morgan fingerprint density at radius 3 is 1.61 bits per heavy atom. The first-order chi connectivity index (χ1) is 7.93. The van der Waals surface area contributed by atoms with Crippen LogP contribution in [0.3, 0.4) is 0 Å². The second-order valence-electron chi connectivity index (χ2n) is 2.32. The first kappa shape index (κ1) is 21.7. The number of hydrogen-bond acceptors (Lipinski definition) is 9. The van der Waals surface area contributed by atoms with Crippen LogP contribution >= 0.6 is 7.82 Å². The van der Waals surface area contributed by atoms with Gasteiger partial charge in [0, 0.05) is 6.08 Å². The van der Waals surface area contributed by atoms with Crippen LogP contribution in [0, 0.1) is 0 Å². The Labute approximate surface area is 103 Å². The van der Waals surface area contributed by atoms with Gasteiger partial charge in [-0.2, -0.15) is 7.82 Å². The topological polar surface area (TPSA) is 179 Å². The lowest BCUT2D eigenvalue weighted by molar-refractivity contribution is -0.432. The minimum absolute atomic E-state index is 0.486. The zero-order chi connectivity index (χ0) is 15.4. The summed E-state index contributed by atoms with van der Waals surface area (Å²) in [6, 6.07) is 0. The molecule has 0 aromatic carbocycles. The summed E-state index contributed by atoms with van der Waals surface area (Å²) < 4.78 is 13.0. The molecule has 0 aliphatic heterocycles. The van der Waals surface area contributed by atoms with Crippen LogP contribution in [0.4, 0.5) is 0 Å². The van der Waals surface area contributed by atoms with Gasteiger partial charge in [-0.3, -0.25) is 5.73 Å². The van der Waals surface area contributed by atoms with Crippen molar-refractivity contribution in [2.45, 2.75) is 13.2 Å². The number of hydrogen-bond donors (Lipinski definition) is 1. The van der Waals surface area contributed by atoms with Gasteiger partial charge < -0.3 is 33.9 Å². The number of rotatable bonds is 3. The molecule has 0 radical (unpaired) electrons. The molecule has 0 aliphatic carbocycles. The van der Waals surface area contributed by atoms with E-state index in [2.05, 4.69) is 17.9 Å². The van der Waals surface area contributed by atoms with Crippen molar-refractivity contribution < 1.29 is 38.7 Å². The molecule has 9 nitrogen and oxygen atoms in total. The van der Waals surface area contributed by atoms with Gasteiger partial charge in [-0.25, -0.2) is 4.79 Å². The van der Waals surface area contributed by atoms with Crippen molar-refractivity contribution in [1.29, 1.82) is 0 Å². The third-order valence-corrected chi connectivity index (χ3v) is 0.635. The lowest BCUT2D eigenvalue weighted by atomic mass is 10.6. The zero-order valence-corrected chi connectivity index (χ0v) is 10.3. The van der Waals surface area contributed by atoms with Crippen molar-refractivity contribution in [1.82, 2.24) is 0 Å². The molecule has 0 bridgehead atoms. The van der Waals surface area contributed by atoms with E-state index in [0.717, 1.165) is 12.2 Å². The molecule has 1 unspecified atom stereocenters. The fourth-order valence-electron chi connectivity index (χ4n) is 0.231. The van der Waals surface area contributed by atoms with Gasteiger partial charge in [-0.05, 0) is 13.0 Å². The number of aliphatic carboxylic acids is 1. The standard InChI is InChI=1S/C5H9NO2.C3H4O2.H3O4P/c1-3-5(7)8-4(2)6;1-2-3(4)5;1-5(2,3)4/h3-4H,1,6H2,2H3;2H,1H2,(H,4,5);(H3,1,2,3,4)/p-4. The van der Waals surface area contributed by atoms with E-state index in [1.807, 2.05) is 0 Å². The van der Waals surface area contributed by atoms with Crippen molar-refractivity contribution in [3.63, 3.8) is 0 Å². The lowest BCUT2D eigenvalue weighted by Gasteiger charge is -2.36. The van der Waals surface area contributed by atoms with Gasteiger partial charge >= 0.3 is 5.97 Å². The van der Waals surface area contributed by atoms with Gasteiger partial charge in [0.05, 0.1) is 5.97 Å². The van der Waals surface area contributed by atoms with Gasteiger partial charge in [0.25, 0.3) is 0 Å². The number of carbonyl (C=O) groups is 2. The maximum atomic E-state index is 10.2. The van der Waals surface area contributed by atoms with Crippen LogP contribution in [0.5, 0.6) is 0 Å². The minimum Gasteiger partial charge on any atom is -0.822 e. The minimum atomic E-state index is -5.39. The predicted molar refractivity (Wildman–Crippen MR) is 52.7 cm³/mol. The third kappa shape index (κ3) is 62.6. The Balaban J connectivity index is -0.000000197. The smallest absolute Gasteiger partial charge is 0.331 e. The molecule has 0 saturated heterocycles. The molecule has 0 spiro atoms. The zero-order valence-electron chi connectivity index (χ0n) is 9.44. The van der Waals surface area contributed by atoms with Crippen LogP contribution < -0.4 is 25.5 Å². The normalized spacial score (nSPS) is 10.5. The fourth-order valence-corrected chi connectivity index (χ4v) is 0.231. The van der Waals surface area contributed by atoms with Gasteiger partial charge in [-0.1, -0.05) is 13.2 Å². The highest BCUT2D eigenvalue weighted by Gasteiger charge is 1.96. The molecule has 0 saturated carbocycles. The number of carboxylic acid groups (broad SMARTS) is 1. The lowest BCUT2D eigenvalue weighted by Crippen LogP contribution is -2.24. The Kier molecular flexibility index (Phi) is 14.4. The molecule has 2 N–H and O–H groups in total. The monoisotopic (exact) mass is 281 g/mol. The summed E-state index contributed by atoms with van der Waals surface area (Å²) in [4.78, 5) is 45.0. The Hall–Kier alpha value is -1.51. The first-order valence-electron chi connectivity index (χ1n) is 4.09. The summed E-state index contributed by atoms with van der Waals surface area (Å²) in [6.07, 6.45) is 1.25. The number of nitrogens with two attached hydrogens (primary N) is 1. The molecule has 0 aromatic rings. The molecule has 1 atom stereocenters. The van der Waals surface area contributed by atoms with E-state index in [0.29, 0.717) is 0 Å². The number of carboxylic acids is 1. The summed E-state index contributed by atoms with van der Waals surface area (Å²) in [5, 5.41) is 9.14. The number of ether oxygens (including phenoxy) is 1. The third-order valence-electron chi connectivity index (χ3n) is 0.635. The highest BCUT2D eigenvalue weighted by atomic mass is 31.2. The first-order valence-corrected chi connectivity index (χ1v) is 5.55. The molecule has 106 valence electrons. The Morgan fingerprint density at radius 2 is 1.56 bits per heavy atom. The van der Waals surface area contributed by atoms with Crippen LogP contribution in [0.2, 0.25) is 0 Å². The highest BCUT2D eigenvalue weighted by molar-refractivity contribution is 7.40. The van der Waals surface area contributed by atoms with E-state index in [4.69, 9.17) is 34.9 Å². The molecule has 0 heterocycles. The van der Waals surface area contributed by atoms with Gasteiger partial charge in [0.1, 0.15) is 6.23 Å². The summed E-state index contributed by atoms with van der Waals surface area (Å²) in [5.41, 5.74) is 5.08. The van der Waals surface area contributed by atoms with Crippen molar-refractivity contribution in [2.24, 2.45) is 5.73 Å². The molecule has 0 rings (SSSR count). The molecular weight excluding hydrogens is 269 g/mol. The predicted octanol–water partition coefficient (Wildman–Crippen LogP) is -3.88. The maximum absolute atomic E-state index is 10.2. The summed E-state index contributed by atoms with van der Waals surface area (Å²) in [6.45, 7) is 7.65. The van der Waals surface area contributed by atoms with Gasteiger partial charge in [-0.15, -0.1) is 0 Å². The molecule has 0 amide bonds. The summed E-state index contributed by atoms with van der Waals surface area (Å²) >= 11 is 0. The van der Waals surface area contributed by atoms with Crippen molar-refractivity contribution >= 4 is 19.8 Å². The molecule has 0 fully saturated rings. The van der Waals surface area contributed by atoms with E-state index in [1.54, 1.807) is 6.92 Å². The molecular formula is C8H12NO8P-4. The molecule has 10 heteroatoms. The Bertz CT molecular complexity index is 313. The summed E-state index contributed by atoms with van der Waals surface area (Å²) in [5.74, 6) is -1.72. The quantitative estimate of drug-likeness (QED) is 0.234. The Morgan fingerprint density at radius 1 is 1.28 bits per heavy atom. The van der Waals surface area contributed by atoms with E-state index >= 15 is 0 Å². The number of phosphoric acid groups is 1. The van der Waals surface area contributed by atoms with Gasteiger partial charge in [0.15, 0.2) is 0 Å². The highest BCUT2D eigenvalue weighted by Crippen LogP contribution is 2.03. The van der Waals surface area contributed by atoms with Crippen LogP contribution in [-0.4, -0.2) is 18.2 Å². The van der Waals surface area contributed by atoms with Crippen molar-refractivity contribution in [3.05, 3.63) is 25.3 Å². The second kappa shape index (κ2) is 12.0. The van der Waals surface area contributed by atoms with Crippen LogP contribution in [-0.2, 0) is 18.9 Å². The molecule has 0 aliphatic rings. The van der Waals surface area contributed by atoms with Gasteiger partial charge in [0.2, 0.25) is 0 Å². The fraction of sp³-hybridized carbons (Fsp3) is 0.250. The maximum Gasteiger partial charge on any atom is 0.331 e. The molecule has 18 heavy (non-hydrogen) atoms. The number of esters is 1. The summed E-state index contributed by atoms with van der Waals surface area (Å²) in [7, 11) is -5.39. The van der Waals surface area contributed by atoms with Crippen molar-refractivity contribution in [2.75, 3.05) is 0 Å². The van der Waals surface area contributed by atoms with Crippen LogP contribution in [0.25, 0.3) is 0 Å². The SMILES string of the molecule is C=CC(=O)OC(C)N.C=CC(=O)[O-].O=P([O-])([O-])[O-]. The average molecular weight is 281 g/mol. The van der Waals surface area contributed by atoms with E-state index in [1.165, 1.54) is 0 Å². The van der Waals surface area contributed by atoms with E-state index in [-0.39, 0.29) is 0 Å². The number of carbonyl (C=O) groups excluding carboxylic acids is 2. The largest absolute Gasteiger partial charge is 0.822 e. The van der Waals surface area contributed by atoms with Crippen LogP contribution in [0.15, 0.2) is 25.3 Å². The second-order valence-corrected chi connectivity index (χ2v) is 3.21.